The molecule has 0 saturated heterocycles. The molecule has 1 saturated carbocycles. The van der Waals surface area contributed by atoms with Gasteiger partial charge in [0.25, 0.3) is 0 Å². The lowest BCUT2D eigenvalue weighted by molar-refractivity contribution is -0.138. The van der Waals surface area contributed by atoms with Gasteiger partial charge in [0.1, 0.15) is 12.6 Å². The van der Waals surface area contributed by atoms with Crippen molar-refractivity contribution in [3.05, 3.63) is 59.7 Å². The number of carboxylic acids is 1. The van der Waals surface area contributed by atoms with Gasteiger partial charge in [0.15, 0.2) is 0 Å². The number of amides is 2. The summed E-state index contributed by atoms with van der Waals surface area (Å²) in [4.78, 5) is 36.5. The maximum absolute atomic E-state index is 12.9. The van der Waals surface area contributed by atoms with Gasteiger partial charge in [0, 0.05) is 17.9 Å². The zero-order valence-electron chi connectivity index (χ0n) is 19.5. The number of hydrogen-bond acceptors (Lipinski definition) is 4. The maximum atomic E-state index is 12.9. The minimum absolute atomic E-state index is 0.00840. The van der Waals surface area contributed by atoms with Crippen molar-refractivity contribution in [3.63, 3.8) is 0 Å². The first-order chi connectivity index (χ1) is 16.4. The van der Waals surface area contributed by atoms with Gasteiger partial charge < -0.3 is 20.5 Å². The molecule has 1 atom stereocenters. The molecule has 2 aliphatic carbocycles. The van der Waals surface area contributed by atoms with Gasteiger partial charge in [0.2, 0.25) is 5.91 Å². The average molecular weight is 465 g/mol. The fourth-order valence-corrected chi connectivity index (χ4v) is 5.26. The topological polar surface area (TPSA) is 105 Å². The highest BCUT2D eigenvalue weighted by molar-refractivity contribution is 5.86. The zero-order valence-corrected chi connectivity index (χ0v) is 19.5. The lowest BCUT2D eigenvalue weighted by Gasteiger charge is -2.38. The van der Waals surface area contributed by atoms with Gasteiger partial charge in [-0.25, -0.2) is 4.79 Å². The number of benzene rings is 2. The van der Waals surface area contributed by atoms with Crippen LogP contribution in [0.4, 0.5) is 4.79 Å². The molecule has 2 aromatic rings. The van der Waals surface area contributed by atoms with Crippen molar-refractivity contribution >= 4 is 18.0 Å². The Labute approximate surface area is 199 Å². The van der Waals surface area contributed by atoms with E-state index in [-0.39, 0.29) is 24.9 Å². The molecule has 34 heavy (non-hydrogen) atoms. The number of ether oxygens (including phenoxy) is 1. The third-order valence-corrected chi connectivity index (χ3v) is 7.09. The molecule has 1 fully saturated rings. The van der Waals surface area contributed by atoms with Gasteiger partial charge in [-0.1, -0.05) is 67.8 Å². The van der Waals surface area contributed by atoms with E-state index in [4.69, 9.17) is 9.84 Å². The van der Waals surface area contributed by atoms with E-state index in [1.807, 2.05) is 24.3 Å². The number of carbonyl (C=O) groups excluding carboxylic acids is 2. The number of carbonyl (C=O) groups is 3. The largest absolute Gasteiger partial charge is 0.481 e. The van der Waals surface area contributed by atoms with E-state index in [0.29, 0.717) is 6.42 Å². The molecule has 4 rings (SSSR count). The number of alkyl carbamates (subject to hydrolysis) is 1. The van der Waals surface area contributed by atoms with Crippen LogP contribution < -0.4 is 10.6 Å². The SMILES string of the molecule is C[C@H](NC(=O)OCC1c2ccccc2-c2ccccc21)C(=O)NC1(CCC(=O)O)CCCCC1. The van der Waals surface area contributed by atoms with Gasteiger partial charge in [-0.15, -0.1) is 0 Å². The average Bonchev–Trinajstić information content (AvgIpc) is 3.16. The molecule has 0 heterocycles. The van der Waals surface area contributed by atoms with Crippen molar-refractivity contribution in [2.24, 2.45) is 0 Å². The van der Waals surface area contributed by atoms with Crippen LogP contribution >= 0.6 is 0 Å². The standard InChI is InChI=1S/C27H32N2O5/c1-18(25(32)29-27(16-13-24(30)31)14-7-2-8-15-27)28-26(33)34-17-23-21-11-5-3-9-19(21)20-10-4-6-12-22(20)23/h3-6,9-12,18,23H,2,7-8,13-17H2,1H3,(H,28,33)(H,29,32)(H,30,31)/t18-/m0/s1. The second-order valence-corrected chi connectivity index (χ2v) is 9.42. The Kier molecular flexibility index (Phi) is 7.20. The van der Waals surface area contributed by atoms with E-state index in [0.717, 1.165) is 54.4 Å². The summed E-state index contributed by atoms with van der Waals surface area (Å²) in [6.07, 6.45) is 4.25. The van der Waals surface area contributed by atoms with Gasteiger partial charge in [-0.05, 0) is 48.4 Å². The van der Waals surface area contributed by atoms with Crippen LogP contribution in [0.25, 0.3) is 11.1 Å². The molecule has 180 valence electrons. The Morgan fingerprint density at radius 2 is 1.59 bits per heavy atom. The van der Waals surface area contributed by atoms with E-state index >= 15 is 0 Å². The minimum Gasteiger partial charge on any atom is -0.481 e. The Hall–Kier alpha value is -3.35. The van der Waals surface area contributed by atoms with Crippen molar-refractivity contribution in [2.75, 3.05) is 6.61 Å². The number of rotatable bonds is 8. The first kappa shape index (κ1) is 23.8. The zero-order chi connectivity index (χ0) is 24.1. The third kappa shape index (κ3) is 5.24. The molecule has 3 N–H and O–H groups in total. The molecular formula is C27H32N2O5. The highest BCUT2D eigenvalue weighted by atomic mass is 16.5. The Morgan fingerprint density at radius 1 is 1.00 bits per heavy atom. The van der Waals surface area contributed by atoms with Crippen LogP contribution in [-0.4, -0.2) is 41.3 Å². The number of hydrogen-bond donors (Lipinski definition) is 3. The summed E-state index contributed by atoms with van der Waals surface area (Å²) in [5.41, 5.74) is 4.03. The highest BCUT2D eigenvalue weighted by Crippen LogP contribution is 2.44. The van der Waals surface area contributed by atoms with E-state index < -0.39 is 23.6 Å². The predicted octanol–water partition coefficient (Wildman–Crippen LogP) is 4.60. The fourth-order valence-electron chi connectivity index (χ4n) is 5.26. The Bertz CT molecular complexity index is 1010. The predicted molar refractivity (Wildman–Crippen MR) is 128 cm³/mol. The summed E-state index contributed by atoms with van der Waals surface area (Å²) >= 11 is 0. The summed E-state index contributed by atoms with van der Waals surface area (Å²) in [5, 5.41) is 14.8. The van der Waals surface area contributed by atoms with Crippen LogP contribution in [0.15, 0.2) is 48.5 Å². The van der Waals surface area contributed by atoms with Crippen molar-refractivity contribution in [1.29, 1.82) is 0 Å². The lowest BCUT2D eigenvalue weighted by Crippen LogP contribution is -2.55. The summed E-state index contributed by atoms with van der Waals surface area (Å²) in [5.74, 6) is -1.24. The molecule has 0 aromatic heterocycles. The van der Waals surface area contributed by atoms with E-state index in [1.165, 1.54) is 0 Å². The van der Waals surface area contributed by atoms with Crippen molar-refractivity contribution in [1.82, 2.24) is 10.6 Å². The minimum atomic E-state index is -0.871. The summed E-state index contributed by atoms with van der Waals surface area (Å²) in [6.45, 7) is 1.79. The molecule has 7 nitrogen and oxygen atoms in total. The number of carboxylic acid groups (broad SMARTS) is 1. The summed E-state index contributed by atoms with van der Waals surface area (Å²) in [6, 6.07) is 15.4. The first-order valence-electron chi connectivity index (χ1n) is 12.0. The monoisotopic (exact) mass is 464 g/mol. The van der Waals surface area contributed by atoms with Crippen LogP contribution in [0.1, 0.15) is 68.9 Å². The fraction of sp³-hybridized carbons (Fsp3) is 0.444. The normalized spacial score (nSPS) is 17.2. The van der Waals surface area contributed by atoms with E-state index in [1.54, 1.807) is 6.92 Å². The molecule has 7 heteroatoms. The lowest BCUT2D eigenvalue weighted by atomic mass is 9.78. The van der Waals surface area contributed by atoms with Crippen molar-refractivity contribution < 1.29 is 24.2 Å². The summed E-state index contributed by atoms with van der Waals surface area (Å²) < 4.78 is 5.55. The molecule has 0 spiro atoms. The molecule has 0 unspecified atom stereocenters. The van der Waals surface area contributed by atoms with Gasteiger partial charge in [0.05, 0.1) is 0 Å². The smallest absolute Gasteiger partial charge is 0.407 e. The molecule has 2 aliphatic rings. The van der Waals surface area contributed by atoms with Gasteiger partial charge >= 0.3 is 12.1 Å². The van der Waals surface area contributed by atoms with Crippen LogP contribution in [-0.2, 0) is 14.3 Å². The van der Waals surface area contributed by atoms with Crippen LogP contribution in [0, 0.1) is 0 Å². The highest BCUT2D eigenvalue weighted by Gasteiger charge is 2.35. The molecule has 0 aliphatic heterocycles. The second kappa shape index (κ2) is 10.3. The number of nitrogens with one attached hydrogen (secondary N) is 2. The quantitative estimate of drug-likeness (QED) is 0.530. The third-order valence-electron chi connectivity index (χ3n) is 7.09. The van der Waals surface area contributed by atoms with E-state index in [9.17, 15) is 14.4 Å². The van der Waals surface area contributed by atoms with Crippen molar-refractivity contribution in [2.45, 2.75) is 69.4 Å². The molecule has 2 aromatic carbocycles. The van der Waals surface area contributed by atoms with E-state index in [2.05, 4.69) is 34.9 Å². The van der Waals surface area contributed by atoms with Gasteiger partial charge in [-0.2, -0.15) is 0 Å². The Morgan fingerprint density at radius 3 is 2.18 bits per heavy atom. The second-order valence-electron chi connectivity index (χ2n) is 9.42. The number of fused-ring (bicyclic) bond motifs is 3. The molecule has 0 bridgehead atoms. The summed E-state index contributed by atoms with van der Waals surface area (Å²) in [7, 11) is 0. The van der Waals surface area contributed by atoms with Crippen LogP contribution in [0.3, 0.4) is 0 Å². The van der Waals surface area contributed by atoms with Crippen LogP contribution in [0.5, 0.6) is 0 Å². The van der Waals surface area contributed by atoms with Crippen LogP contribution in [0.2, 0.25) is 0 Å². The van der Waals surface area contributed by atoms with Crippen molar-refractivity contribution in [3.8, 4) is 11.1 Å². The molecule has 0 radical (unpaired) electrons. The molecular weight excluding hydrogens is 432 g/mol. The van der Waals surface area contributed by atoms with Gasteiger partial charge in [-0.3, -0.25) is 9.59 Å². The maximum Gasteiger partial charge on any atom is 0.407 e. The number of aliphatic carboxylic acids is 1. The molecule has 2 amide bonds. The first-order valence-corrected chi connectivity index (χ1v) is 12.0. The Balaban J connectivity index is 1.34.